The van der Waals surface area contributed by atoms with Gasteiger partial charge in [-0.15, -0.1) is 0 Å². The van der Waals surface area contributed by atoms with Gasteiger partial charge in [-0.05, 0) is 6.42 Å². The molecule has 0 aromatic rings. The van der Waals surface area contributed by atoms with E-state index >= 15 is 0 Å². The second kappa shape index (κ2) is 5.16. The van der Waals surface area contributed by atoms with E-state index in [1.54, 1.807) is 0 Å². The minimum atomic E-state index is 0.936. The van der Waals surface area contributed by atoms with Crippen LogP contribution in [0.15, 0.2) is 17.1 Å². The summed E-state index contributed by atoms with van der Waals surface area (Å²) in [7, 11) is 2.09. The Balaban J connectivity index is 1.64. The lowest BCUT2D eigenvalue weighted by Crippen LogP contribution is -2.41. The number of hydrogen-bond donors (Lipinski definition) is 1. The van der Waals surface area contributed by atoms with Crippen LogP contribution in [0.3, 0.4) is 0 Å². The highest BCUT2D eigenvalue weighted by atomic mass is 15.3. The molecule has 0 radical (unpaired) electrons. The second-order valence-corrected chi connectivity index (χ2v) is 4.11. The fraction of sp³-hybridized carbons (Fsp3) is 0.727. The lowest BCUT2D eigenvalue weighted by molar-refractivity contribution is 0.302. The van der Waals surface area contributed by atoms with Crippen LogP contribution in [-0.2, 0) is 0 Å². The van der Waals surface area contributed by atoms with Gasteiger partial charge in [-0.1, -0.05) is 12.2 Å². The Morgan fingerprint density at radius 1 is 1.40 bits per heavy atom. The summed E-state index contributed by atoms with van der Waals surface area (Å²) in [5.74, 6) is 1.06. The molecule has 0 aromatic carbocycles. The van der Waals surface area contributed by atoms with Crippen molar-refractivity contribution in [3.63, 3.8) is 0 Å². The topological polar surface area (TPSA) is 30.9 Å². The van der Waals surface area contributed by atoms with Crippen LogP contribution in [0.25, 0.3) is 0 Å². The predicted octanol–water partition coefficient (Wildman–Crippen LogP) is 0.139. The van der Waals surface area contributed by atoms with Crippen molar-refractivity contribution in [2.45, 2.75) is 6.42 Å². The van der Waals surface area contributed by atoms with E-state index in [4.69, 9.17) is 0 Å². The third kappa shape index (κ3) is 2.96. The Kier molecular flexibility index (Phi) is 3.61. The molecule has 2 aliphatic rings. The van der Waals surface area contributed by atoms with Crippen molar-refractivity contribution in [3.8, 4) is 0 Å². The molecule has 0 bridgehead atoms. The minimum Gasteiger partial charge on any atom is -0.355 e. The Labute approximate surface area is 91.7 Å². The van der Waals surface area contributed by atoms with Crippen LogP contribution in [0.5, 0.6) is 0 Å². The van der Waals surface area contributed by atoms with E-state index in [0.717, 1.165) is 38.7 Å². The molecule has 0 unspecified atom stereocenters. The molecule has 0 aliphatic carbocycles. The normalized spacial score (nSPS) is 21.9. The number of likely N-dealkylation sites (N-methyl/N-ethyl adjacent to an activating group) is 1. The third-order valence-electron chi connectivity index (χ3n) is 2.91. The van der Waals surface area contributed by atoms with Gasteiger partial charge in [0.05, 0.1) is 6.54 Å². The molecule has 84 valence electrons. The van der Waals surface area contributed by atoms with E-state index < -0.39 is 0 Å². The summed E-state index contributed by atoms with van der Waals surface area (Å²) in [5, 5.41) is 3.39. The molecule has 2 aliphatic heterocycles. The number of rotatable bonds is 3. The molecular formula is C11H20N4. The highest BCUT2D eigenvalue weighted by Gasteiger charge is 2.11. The zero-order valence-electron chi connectivity index (χ0n) is 9.45. The van der Waals surface area contributed by atoms with Gasteiger partial charge in [0.1, 0.15) is 0 Å². The maximum atomic E-state index is 4.40. The number of nitrogens with one attached hydrogen (secondary N) is 1. The van der Waals surface area contributed by atoms with Crippen LogP contribution in [-0.4, -0.2) is 62.1 Å². The molecule has 0 saturated carbocycles. The van der Waals surface area contributed by atoms with Gasteiger partial charge in [0.15, 0.2) is 5.96 Å². The van der Waals surface area contributed by atoms with Crippen LogP contribution in [0.1, 0.15) is 6.42 Å². The number of hydrogen-bond acceptors (Lipinski definition) is 4. The summed E-state index contributed by atoms with van der Waals surface area (Å²) < 4.78 is 0. The van der Waals surface area contributed by atoms with Crippen molar-refractivity contribution in [2.24, 2.45) is 4.99 Å². The van der Waals surface area contributed by atoms with Gasteiger partial charge in [-0.25, -0.2) is 0 Å². The first-order valence-corrected chi connectivity index (χ1v) is 5.73. The highest BCUT2D eigenvalue weighted by Crippen LogP contribution is 2.00. The molecule has 2 rings (SSSR count). The smallest absolute Gasteiger partial charge is 0.193 e. The van der Waals surface area contributed by atoms with Crippen molar-refractivity contribution in [2.75, 3.05) is 46.3 Å². The number of aliphatic imine (C=N–C) groups is 1. The average molecular weight is 208 g/mol. The fourth-order valence-corrected chi connectivity index (χ4v) is 1.94. The largest absolute Gasteiger partial charge is 0.355 e. The predicted molar refractivity (Wildman–Crippen MR) is 63.1 cm³/mol. The molecule has 0 saturated heterocycles. The van der Waals surface area contributed by atoms with Gasteiger partial charge in [-0.2, -0.15) is 0 Å². The first kappa shape index (κ1) is 10.5. The molecule has 0 aromatic heterocycles. The van der Waals surface area contributed by atoms with E-state index in [9.17, 15) is 0 Å². The lowest BCUT2D eigenvalue weighted by Gasteiger charge is -2.24. The summed E-state index contributed by atoms with van der Waals surface area (Å²) in [6, 6.07) is 0. The third-order valence-corrected chi connectivity index (χ3v) is 2.91. The number of guanidine groups is 1. The Bertz CT molecular complexity index is 259. The first-order chi connectivity index (χ1) is 7.36. The number of nitrogens with zero attached hydrogens (tertiary/aromatic N) is 3. The molecule has 0 amide bonds. The van der Waals surface area contributed by atoms with Crippen molar-refractivity contribution in [1.82, 2.24) is 15.1 Å². The maximum absolute atomic E-state index is 4.40. The van der Waals surface area contributed by atoms with Gasteiger partial charge in [-0.3, -0.25) is 9.89 Å². The molecule has 1 N–H and O–H groups in total. The molecular weight excluding hydrogens is 188 g/mol. The van der Waals surface area contributed by atoms with Gasteiger partial charge in [0.2, 0.25) is 0 Å². The van der Waals surface area contributed by atoms with E-state index in [2.05, 4.69) is 39.3 Å². The molecule has 0 atom stereocenters. The minimum absolute atomic E-state index is 0.936. The summed E-state index contributed by atoms with van der Waals surface area (Å²) in [6.45, 7) is 6.39. The molecule has 0 fully saturated rings. The van der Waals surface area contributed by atoms with E-state index in [-0.39, 0.29) is 0 Å². The molecule has 4 heteroatoms. The van der Waals surface area contributed by atoms with Crippen molar-refractivity contribution >= 4 is 5.96 Å². The maximum Gasteiger partial charge on any atom is 0.193 e. The molecule has 0 spiro atoms. The summed E-state index contributed by atoms with van der Waals surface area (Å²) in [5.41, 5.74) is 0. The second-order valence-electron chi connectivity index (χ2n) is 4.11. The van der Waals surface area contributed by atoms with Crippen LogP contribution in [0, 0.1) is 0 Å². The quantitative estimate of drug-likeness (QED) is 0.669. The Morgan fingerprint density at radius 2 is 2.33 bits per heavy atom. The van der Waals surface area contributed by atoms with Gasteiger partial charge >= 0.3 is 0 Å². The van der Waals surface area contributed by atoms with Crippen molar-refractivity contribution in [1.29, 1.82) is 0 Å². The van der Waals surface area contributed by atoms with E-state index in [1.165, 1.54) is 13.0 Å². The average Bonchev–Trinajstić information content (AvgIpc) is 2.66. The monoisotopic (exact) mass is 208 g/mol. The van der Waals surface area contributed by atoms with E-state index in [0.29, 0.717) is 0 Å². The van der Waals surface area contributed by atoms with Crippen molar-refractivity contribution in [3.05, 3.63) is 12.2 Å². The molecule has 4 nitrogen and oxygen atoms in total. The Hall–Kier alpha value is -1.03. The Morgan fingerprint density at radius 3 is 3.00 bits per heavy atom. The van der Waals surface area contributed by atoms with Gasteiger partial charge in [0, 0.05) is 39.8 Å². The van der Waals surface area contributed by atoms with Crippen LogP contribution < -0.4 is 5.32 Å². The SMILES string of the molecule is CN1CCN=C1NCCN1CC=CCC1. The summed E-state index contributed by atoms with van der Waals surface area (Å²) >= 11 is 0. The highest BCUT2D eigenvalue weighted by molar-refractivity contribution is 5.81. The van der Waals surface area contributed by atoms with Gasteiger partial charge in [0.25, 0.3) is 0 Å². The zero-order valence-corrected chi connectivity index (χ0v) is 9.45. The molecule has 2 heterocycles. The molecule has 15 heavy (non-hydrogen) atoms. The van der Waals surface area contributed by atoms with Crippen LogP contribution >= 0.6 is 0 Å². The van der Waals surface area contributed by atoms with Crippen LogP contribution in [0.4, 0.5) is 0 Å². The lowest BCUT2D eigenvalue weighted by atomic mass is 10.2. The summed E-state index contributed by atoms with van der Waals surface area (Å²) in [6.07, 6.45) is 5.71. The van der Waals surface area contributed by atoms with Crippen LogP contribution in [0.2, 0.25) is 0 Å². The fourth-order valence-electron chi connectivity index (χ4n) is 1.94. The zero-order chi connectivity index (χ0) is 10.5. The first-order valence-electron chi connectivity index (χ1n) is 5.73. The standard InChI is InChI=1S/C11H20N4/c1-14-9-5-12-11(14)13-6-10-15-7-3-2-4-8-15/h2-3H,4-10H2,1H3,(H,12,13). The van der Waals surface area contributed by atoms with Gasteiger partial charge < -0.3 is 10.2 Å². The van der Waals surface area contributed by atoms with Crippen molar-refractivity contribution < 1.29 is 0 Å². The van der Waals surface area contributed by atoms with E-state index in [1.807, 2.05) is 0 Å². The summed E-state index contributed by atoms with van der Waals surface area (Å²) in [4.78, 5) is 9.04.